The molecule has 4 nitrogen and oxygen atoms in total. The van der Waals surface area contributed by atoms with Crippen LogP contribution < -0.4 is 10.6 Å². The predicted molar refractivity (Wildman–Crippen MR) is 90.4 cm³/mol. The number of hydrogen-bond donors (Lipinski definition) is 2. The first-order valence-electron chi connectivity index (χ1n) is 8.19. The second kappa shape index (κ2) is 9.03. The Morgan fingerprint density at radius 2 is 1.57 bits per heavy atom. The first-order valence-corrected chi connectivity index (χ1v) is 8.19. The van der Waals surface area contributed by atoms with Gasteiger partial charge < -0.3 is 15.5 Å². The summed E-state index contributed by atoms with van der Waals surface area (Å²) in [6.07, 6.45) is 8.39. The SMILES string of the molecule is C=CCC=C(C(CC=C)N1CCNCC1)N1CCNCC1. The monoisotopic (exact) mass is 290 g/mol. The molecule has 1 unspecified atom stereocenters. The molecule has 0 saturated carbocycles. The third-order valence-corrected chi connectivity index (χ3v) is 4.30. The van der Waals surface area contributed by atoms with Gasteiger partial charge in [0.05, 0.1) is 6.04 Å². The minimum Gasteiger partial charge on any atom is -0.371 e. The maximum Gasteiger partial charge on any atom is 0.0529 e. The second-order valence-corrected chi connectivity index (χ2v) is 5.72. The molecule has 0 radical (unpaired) electrons. The van der Waals surface area contributed by atoms with Crippen LogP contribution >= 0.6 is 0 Å². The van der Waals surface area contributed by atoms with E-state index in [4.69, 9.17) is 0 Å². The number of piperazine rings is 2. The van der Waals surface area contributed by atoms with E-state index in [1.54, 1.807) is 0 Å². The van der Waals surface area contributed by atoms with Gasteiger partial charge in [0.25, 0.3) is 0 Å². The van der Waals surface area contributed by atoms with Gasteiger partial charge in [0.1, 0.15) is 0 Å². The number of nitrogens with one attached hydrogen (secondary N) is 2. The summed E-state index contributed by atoms with van der Waals surface area (Å²) in [6, 6.07) is 0.461. The van der Waals surface area contributed by atoms with Crippen LogP contribution in [0.2, 0.25) is 0 Å². The van der Waals surface area contributed by atoms with Gasteiger partial charge in [0, 0.05) is 58.1 Å². The van der Waals surface area contributed by atoms with Gasteiger partial charge in [0.2, 0.25) is 0 Å². The Bertz CT molecular complexity index is 352. The highest BCUT2D eigenvalue weighted by molar-refractivity contribution is 5.15. The van der Waals surface area contributed by atoms with Crippen molar-refractivity contribution in [1.82, 2.24) is 20.4 Å². The molecule has 0 amide bonds. The fraction of sp³-hybridized carbons (Fsp3) is 0.647. The molecule has 118 valence electrons. The summed E-state index contributed by atoms with van der Waals surface area (Å²) in [5, 5.41) is 6.89. The summed E-state index contributed by atoms with van der Waals surface area (Å²) in [4.78, 5) is 5.16. The number of hydrogen-bond acceptors (Lipinski definition) is 4. The Morgan fingerprint density at radius 1 is 0.952 bits per heavy atom. The van der Waals surface area contributed by atoms with Crippen LogP contribution in [-0.2, 0) is 0 Å². The first kappa shape index (κ1) is 16.3. The molecule has 0 aromatic rings. The van der Waals surface area contributed by atoms with Crippen molar-refractivity contribution in [3.63, 3.8) is 0 Å². The maximum absolute atomic E-state index is 3.98. The van der Waals surface area contributed by atoms with E-state index in [-0.39, 0.29) is 0 Å². The van der Waals surface area contributed by atoms with E-state index in [1.165, 1.54) is 5.70 Å². The van der Waals surface area contributed by atoms with Crippen LogP contribution in [0.1, 0.15) is 12.8 Å². The summed E-state index contributed by atoms with van der Waals surface area (Å²) in [5.41, 5.74) is 1.47. The molecule has 4 heteroatoms. The van der Waals surface area contributed by atoms with Crippen molar-refractivity contribution < 1.29 is 0 Å². The lowest BCUT2D eigenvalue weighted by Gasteiger charge is -2.41. The maximum atomic E-state index is 3.98. The Balaban J connectivity index is 2.15. The topological polar surface area (TPSA) is 30.5 Å². The average Bonchev–Trinajstić information content (AvgIpc) is 2.56. The van der Waals surface area contributed by atoms with E-state index in [0.29, 0.717) is 6.04 Å². The first-order chi connectivity index (χ1) is 10.4. The summed E-state index contributed by atoms with van der Waals surface area (Å²) in [7, 11) is 0. The van der Waals surface area contributed by atoms with Crippen LogP contribution in [0, 0.1) is 0 Å². The Labute approximate surface area is 129 Å². The summed E-state index contributed by atoms with van der Waals surface area (Å²) in [6.45, 7) is 16.6. The lowest BCUT2D eigenvalue weighted by atomic mass is 10.0. The largest absolute Gasteiger partial charge is 0.371 e. The highest BCUT2D eigenvalue weighted by Crippen LogP contribution is 2.21. The summed E-state index contributed by atoms with van der Waals surface area (Å²) < 4.78 is 0. The molecule has 2 rings (SSSR count). The van der Waals surface area contributed by atoms with Crippen LogP contribution in [-0.4, -0.2) is 68.2 Å². The summed E-state index contributed by atoms with van der Waals surface area (Å²) in [5.74, 6) is 0. The van der Waals surface area contributed by atoms with Gasteiger partial charge in [-0.2, -0.15) is 0 Å². The standard InChI is InChI=1S/C17H30N4/c1-3-5-7-17(21-14-10-19-11-15-21)16(6-4-2)20-12-8-18-9-13-20/h3-4,7,16,18-19H,1-2,5-6,8-15H2. The van der Waals surface area contributed by atoms with Crippen molar-refractivity contribution in [1.29, 1.82) is 0 Å². The quantitative estimate of drug-likeness (QED) is 0.690. The van der Waals surface area contributed by atoms with Crippen LogP contribution in [0.3, 0.4) is 0 Å². The molecule has 1 atom stereocenters. The highest BCUT2D eigenvalue weighted by atomic mass is 15.3. The molecule has 2 N–H and O–H groups in total. The third-order valence-electron chi connectivity index (χ3n) is 4.30. The number of allylic oxidation sites excluding steroid dienone is 2. The van der Waals surface area contributed by atoms with E-state index >= 15 is 0 Å². The fourth-order valence-corrected chi connectivity index (χ4v) is 3.21. The average molecular weight is 290 g/mol. The molecule has 2 aliphatic heterocycles. The van der Waals surface area contributed by atoms with Gasteiger partial charge >= 0.3 is 0 Å². The van der Waals surface area contributed by atoms with Crippen LogP contribution in [0.4, 0.5) is 0 Å². The van der Waals surface area contributed by atoms with Gasteiger partial charge in [-0.25, -0.2) is 0 Å². The molecular formula is C17H30N4. The Kier molecular flexibility index (Phi) is 7.00. The predicted octanol–water partition coefficient (Wildman–Crippen LogP) is 1.20. The molecule has 2 fully saturated rings. The van der Waals surface area contributed by atoms with Crippen molar-refractivity contribution in [2.75, 3.05) is 52.4 Å². The minimum atomic E-state index is 0.461. The molecule has 0 aromatic carbocycles. The van der Waals surface area contributed by atoms with Crippen LogP contribution in [0.15, 0.2) is 37.1 Å². The van der Waals surface area contributed by atoms with Crippen molar-refractivity contribution in [2.45, 2.75) is 18.9 Å². The van der Waals surface area contributed by atoms with Gasteiger partial charge in [0.15, 0.2) is 0 Å². The van der Waals surface area contributed by atoms with Crippen molar-refractivity contribution in [3.05, 3.63) is 37.1 Å². The minimum absolute atomic E-state index is 0.461. The molecule has 2 aliphatic rings. The molecule has 2 heterocycles. The molecule has 0 bridgehead atoms. The second-order valence-electron chi connectivity index (χ2n) is 5.72. The zero-order valence-corrected chi connectivity index (χ0v) is 13.2. The lowest BCUT2D eigenvalue weighted by Crippen LogP contribution is -2.53. The molecular weight excluding hydrogens is 260 g/mol. The Hall–Kier alpha value is -1.10. The van der Waals surface area contributed by atoms with E-state index in [9.17, 15) is 0 Å². The fourth-order valence-electron chi connectivity index (χ4n) is 3.21. The van der Waals surface area contributed by atoms with E-state index in [0.717, 1.165) is 65.2 Å². The van der Waals surface area contributed by atoms with Gasteiger partial charge in [-0.1, -0.05) is 18.2 Å². The normalized spacial score (nSPS) is 22.9. The van der Waals surface area contributed by atoms with E-state index in [1.807, 2.05) is 6.08 Å². The number of nitrogens with zero attached hydrogens (tertiary/aromatic N) is 2. The lowest BCUT2D eigenvalue weighted by molar-refractivity contribution is 0.157. The molecule has 0 aliphatic carbocycles. The zero-order chi connectivity index (χ0) is 14.9. The van der Waals surface area contributed by atoms with E-state index in [2.05, 4.69) is 45.7 Å². The molecule has 21 heavy (non-hydrogen) atoms. The van der Waals surface area contributed by atoms with Gasteiger partial charge in [-0.05, 0) is 12.8 Å². The van der Waals surface area contributed by atoms with Crippen molar-refractivity contribution in [3.8, 4) is 0 Å². The summed E-state index contributed by atoms with van der Waals surface area (Å²) >= 11 is 0. The smallest absolute Gasteiger partial charge is 0.0529 e. The zero-order valence-electron chi connectivity index (χ0n) is 13.2. The highest BCUT2D eigenvalue weighted by Gasteiger charge is 2.26. The number of rotatable bonds is 7. The Morgan fingerprint density at radius 3 is 2.14 bits per heavy atom. The van der Waals surface area contributed by atoms with Crippen molar-refractivity contribution >= 4 is 0 Å². The van der Waals surface area contributed by atoms with Gasteiger partial charge in [-0.15, -0.1) is 13.2 Å². The van der Waals surface area contributed by atoms with Crippen LogP contribution in [0.5, 0.6) is 0 Å². The van der Waals surface area contributed by atoms with Crippen molar-refractivity contribution in [2.24, 2.45) is 0 Å². The van der Waals surface area contributed by atoms with E-state index < -0.39 is 0 Å². The van der Waals surface area contributed by atoms with Crippen LogP contribution in [0.25, 0.3) is 0 Å². The molecule has 2 saturated heterocycles. The van der Waals surface area contributed by atoms with Gasteiger partial charge in [-0.3, -0.25) is 4.90 Å². The third kappa shape index (κ3) is 4.70. The molecule has 0 aromatic heterocycles. The molecule has 0 spiro atoms.